The van der Waals surface area contributed by atoms with Crippen LogP contribution in [0.5, 0.6) is 0 Å². The Labute approximate surface area is 117 Å². The van der Waals surface area contributed by atoms with E-state index in [1.807, 2.05) is 30.3 Å². The van der Waals surface area contributed by atoms with Gasteiger partial charge in [0.15, 0.2) is 0 Å². The zero-order valence-corrected chi connectivity index (χ0v) is 11.1. The molecule has 20 heavy (non-hydrogen) atoms. The highest BCUT2D eigenvalue weighted by Crippen LogP contribution is 2.43. The summed E-state index contributed by atoms with van der Waals surface area (Å²) in [7, 11) is 0. The monoisotopic (exact) mass is 281 g/mol. The van der Waals surface area contributed by atoms with Crippen LogP contribution in [0.25, 0.3) is 0 Å². The van der Waals surface area contributed by atoms with Crippen molar-refractivity contribution in [1.29, 1.82) is 0 Å². The Bertz CT molecular complexity index is 456. The van der Waals surface area contributed by atoms with E-state index in [1.54, 1.807) is 0 Å². The lowest BCUT2D eigenvalue weighted by molar-refractivity contribution is -0.209. The fourth-order valence-corrected chi connectivity index (χ4v) is 2.48. The standard InChI is InChI=1S/C14H19NO5/c16-9-13(19)7-14(8-13,10-17)20-12(18)15-6-11-4-2-1-3-5-11/h1-5,16-17,19H,6-10H2,(H,15,18). The van der Waals surface area contributed by atoms with Crippen LogP contribution in [0.15, 0.2) is 30.3 Å². The number of hydrogen-bond acceptors (Lipinski definition) is 5. The van der Waals surface area contributed by atoms with Crippen LogP contribution in [-0.4, -0.2) is 45.8 Å². The van der Waals surface area contributed by atoms with Crippen molar-refractivity contribution in [3.8, 4) is 0 Å². The van der Waals surface area contributed by atoms with Gasteiger partial charge in [-0.2, -0.15) is 0 Å². The number of amides is 1. The first-order chi connectivity index (χ1) is 9.51. The fraction of sp³-hybridized carbons (Fsp3) is 0.500. The lowest BCUT2D eigenvalue weighted by atomic mass is 9.68. The van der Waals surface area contributed by atoms with Gasteiger partial charge in [0.05, 0.1) is 18.8 Å². The molecule has 6 heteroatoms. The molecule has 6 nitrogen and oxygen atoms in total. The van der Waals surface area contributed by atoms with Crippen LogP contribution in [0, 0.1) is 0 Å². The van der Waals surface area contributed by atoms with Gasteiger partial charge in [-0.05, 0) is 5.56 Å². The minimum Gasteiger partial charge on any atom is -0.440 e. The van der Waals surface area contributed by atoms with E-state index in [2.05, 4.69) is 5.32 Å². The predicted octanol–water partition coefficient (Wildman–Crippen LogP) is 0.161. The van der Waals surface area contributed by atoms with Gasteiger partial charge in [0, 0.05) is 19.4 Å². The fourth-order valence-electron chi connectivity index (χ4n) is 2.48. The molecule has 0 saturated heterocycles. The average molecular weight is 281 g/mol. The molecule has 0 aromatic heterocycles. The van der Waals surface area contributed by atoms with Gasteiger partial charge in [0.2, 0.25) is 0 Å². The second-order valence-electron chi connectivity index (χ2n) is 5.31. The van der Waals surface area contributed by atoms with Crippen molar-refractivity contribution in [1.82, 2.24) is 5.32 Å². The number of ether oxygens (including phenoxy) is 1. The van der Waals surface area contributed by atoms with E-state index in [1.165, 1.54) is 0 Å². The van der Waals surface area contributed by atoms with Crippen LogP contribution < -0.4 is 5.32 Å². The summed E-state index contributed by atoms with van der Waals surface area (Å²) in [5.74, 6) is 0. The highest BCUT2D eigenvalue weighted by atomic mass is 16.6. The van der Waals surface area contributed by atoms with Gasteiger partial charge in [-0.1, -0.05) is 30.3 Å². The highest BCUT2D eigenvalue weighted by molar-refractivity contribution is 5.68. The van der Waals surface area contributed by atoms with Crippen LogP contribution >= 0.6 is 0 Å². The highest BCUT2D eigenvalue weighted by Gasteiger charge is 2.56. The molecule has 1 aromatic rings. The first-order valence-electron chi connectivity index (χ1n) is 6.46. The second kappa shape index (κ2) is 5.78. The number of nitrogens with one attached hydrogen (secondary N) is 1. The number of carbonyl (C=O) groups is 1. The Kier molecular flexibility index (Phi) is 4.27. The Balaban J connectivity index is 1.82. The summed E-state index contributed by atoms with van der Waals surface area (Å²) < 4.78 is 5.17. The molecule has 1 amide bonds. The van der Waals surface area contributed by atoms with E-state index in [4.69, 9.17) is 9.84 Å². The van der Waals surface area contributed by atoms with Crippen molar-refractivity contribution in [2.75, 3.05) is 13.2 Å². The summed E-state index contributed by atoms with van der Waals surface area (Å²) in [6, 6.07) is 9.36. The smallest absolute Gasteiger partial charge is 0.408 e. The zero-order valence-electron chi connectivity index (χ0n) is 11.1. The summed E-state index contributed by atoms with van der Waals surface area (Å²) in [4.78, 5) is 11.7. The molecule has 1 fully saturated rings. The number of carbonyl (C=O) groups excluding carboxylic acids is 1. The summed E-state index contributed by atoms with van der Waals surface area (Å²) in [5, 5.41) is 30.6. The molecule has 0 radical (unpaired) electrons. The predicted molar refractivity (Wildman–Crippen MR) is 70.8 cm³/mol. The number of aliphatic hydroxyl groups is 3. The van der Waals surface area contributed by atoms with Crippen LogP contribution in [0.1, 0.15) is 18.4 Å². The SMILES string of the molecule is O=C(NCc1ccccc1)OC1(CO)CC(O)(CO)C1. The molecule has 0 heterocycles. The van der Waals surface area contributed by atoms with Crippen molar-refractivity contribution >= 4 is 6.09 Å². The van der Waals surface area contributed by atoms with Gasteiger partial charge < -0.3 is 25.4 Å². The van der Waals surface area contributed by atoms with E-state index >= 15 is 0 Å². The van der Waals surface area contributed by atoms with Crippen molar-refractivity contribution in [2.45, 2.75) is 30.6 Å². The molecule has 110 valence electrons. The van der Waals surface area contributed by atoms with E-state index in [9.17, 15) is 15.0 Å². The number of hydrogen-bond donors (Lipinski definition) is 4. The minimum absolute atomic E-state index is 0.0335. The largest absolute Gasteiger partial charge is 0.440 e. The molecule has 0 atom stereocenters. The maximum absolute atomic E-state index is 11.7. The van der Waals surface area contributed by atoms with E-state index in [0.29, 0.717) is 6.54 Å². The maximum atomic E-state index is 11.7. The first-order valence-corrected chi connectivity index (χ1v) is 6.46. The third kappa shape index (κ3) is 3.27. The lowest BCUT2D eigenvalue weighted by Crippen LogP contribution is -2.63. The van der Waals surface area contributed by atoms with Crippen LogP contribution in [0.4, 0.5) is 4.79 Å². The normalized spacial score (nSPS) is 28.6. The molecule has 0 bridgehead atoms. The third-order valence-electron chi connectivity index (χ3n) is 3.47. The van der Waals surface area contributed by atoms with Crippen LogP contribution in [0.2, 0.25) is 0 Å². The van der Waals surface area contributed by atoms with Crippen LogP contribution in [0.3, 0.4) is 0 Å². The van der Waals surface area contributed by atoms with Crippen molar-refractivity contribution < 1.29 is 24.9 Å². The number of benzene rings is 1. The molecule has 1 aliphatic rings. The van der Waals surface area contributed by atoms with E-state index < -0.39 is 23.9 Å². The van der Waals surface area contributed by atoms with E-state index in [-0.39, 0.29) is 19.4 Å². The molecule has 0 spiro atoms. The summed E-state index contributed by atoms with van der Waals surface area (Å²) >= 11 is 0. The molecular weight excluding hydrogens is 262 g/mol. The molecule has 1 saturated carbocycles. The quantitative estimate of drug-likeness (QED) is 0.616. The minimum atomic E-state index is -1.26. The zero-order chi connectivity index (χ0) is 14.6. The summed E-state index contributed by atoms with van der Waals surface area (Å²) in [6.45, 7) is -0.469. The molecule has 4 N–H and O–H groups in total. The van der Waals surface area contributed by atoms with Crippen LogP contribution in [-0.2, 0) is 11.3 Å². The number of alkyl carbamates (subject to hydrolysis) is 1. The van der Waals surface area contributed by atoms with Gasteiger partial charge in [0.1, 0.15) is 5.60 Å². The third-order valence-corrected chi connectivity index (χ3v) is 3.47. The first kappa shape index (κ1) is 14.8. The number of aliphatic hydroxyl groups excluding tert-OH is 2. The molecular formula is C14H19NO5. The van der Waals surface area contributed by atoms with E-state index in [0.717, 1.165) is 5.56 Å². The average Bonchev–Trinajstić information content (AvgIpc) is 2.44. The lowest BCUT2D eigenvalue weighted by Gasteiger charge is -2.50. The molecule has 1 aliphatic carbocycles. The van der Waals surface area contributed by atoms with Gasteiger partial charge in [-0.15, -0.1) is 0 Å². The summed E-state index contributed by atoms with van der Waals surface area (Å²) in [5.41, 5.74) is -1.43. The molecule has 1 aromatic carbocycles. The van der Waals surface area contributed by atoms with Gasteiger partial charge in [-0.25, -0.2) is 4.79 Å². The Morgan fingerprint density at radius 2 is 1.85 bits per heavy atom. The molecule has 0 unspecified atom stereocenters. The van der Waals surface area contributed by atoms with Crippen molar-refractivity contribution in [2.24, 2.45) is 0 Å². The topological polar surface area (TPSA) is 99.0 Å². The Morgan fingerprint density at radius 1 is 1.20 bits per heavy atom. The second-order valence-corrected chi connectivity index (χ2v) is 5.31. The Hall–Kier alpha value is -1.63. The number of rotatable bonds is 5. The van der Waals surface area contributed by atoms with Crippen molar-refractivity contribution in [3.63, 3.8) is 0 Å². The summed E-state index contributed by atoms with van der Waals surface area (Å²) in [6.07, 6.45) is -0.583. The maximum Gasteiger partial charge on any atom is 0.408 e. The van der Waals surface area contributed by atoms with Crippen molar-refractivity contribution in [3.05, 3.63) is 35.9 Å². The van der Waals surface area contributed by atoms with Gasteiger partial charge >= 0.3 is 6.09 Å². The Morgan fingerprint density at radius 3 is 2.40 bits per heavy atom. The van der Waals surface area contributed by atoms with Gasteiger partial charge in [-0.3, -0.25) is 0 Å². The molecule has 2 rings (SSSR count). The van der Waals surface area contributed by atoms with Gasteiger partial charge in [0.25, 0.3) is 0 Å². The molecule has 0 aliphatic heterocycles.